The van der Waals surface area contributed by atoms with Gasteiger partial charge in [-0.3, -0.25) is 9.78 Å². The van der Waals surface area contributed by atoms with Crippen LogP contribution in [0.4, 0.5) is 5.69 Å². The number of rotatable bonds is 1. The number of pyridine rings is 1. The highest BCUT2D eigenvalue weighted by atomic mass is 35.5. The standard InChI is InChI=1S/C21H17ClN2O2/c22-15-5-6-19-17(9-15)21(7-8-26-19)10-20(25)24(13-21)18-12-23-11-14-3-1-2-4-16(14)18/h1-6,9,11-12H,7-8,10,13H2. The second-order valence-electron chi connectivity index (χ2n) is 7.06. The third-order valence-corrected chi connectivity index (χ3v) is 5.78. The van der Waals surface area contributed by atoms with Crippen molar-refractivity contribution in [1.29, 1.82) is 0 Å². The lowest BCUT2D eigenvalue weighted by atomic mass is 9.75. The minimum atomic E-state index is -0.257. The first-order valence-corrected chi connectivity index (χ1v) is 9.10. The minimum absolute atomic E-state index is 0.121. The summed E-state index contributed by atoms with van der Waals surface area (Å²) in [6.45, 7) is 1.24. The molecule has 4 nitrogen and oxygen atoms in total. The Hall–Kier alpha value is -2.59. The third kappa shape index (κ3) is 2.29. The van der Waals surface area contributed by atoms with Crippen LogP contribution in [0.25, 0.3) is 10.8 Å². The van der Waals surface area contributed by atoms with Crippen LogP contribution in [0.1, 0.15) is 18.4 Å². The number of benzene rings is 2. The van der Waals surface area contributed by atoms with Gasteiger partial charge >= 0.3 is 0 Å². The van der Waals surface area contributed by atoms with Crippen LogP contribution >= 0.6 is 11.6 Å². The van der Waals surface area contributed by atoms with Gasteiger partial charge in [-0.15, -0.1) is 0 Å². The molecule has 1 fully saturated rings. The summed E-state index contributed by atoms with van der Waals surface area (Å²) >= 11 is 6.24. The molecule has 3 aromatic rings. The van der Waals surface area contributed by atoms with Crippen molar-refractivity contribution < 1.29 is 9.53 Å². The number of nitrogens with zero attached hydrogens (tertiary/aromatic N) is 2. The molecule has 1 amide bonds. The number of carbonyl (C=O) groups excluding carboxylic acids is 1. The number of amides is 1. The molecule has 26 heavy (non-hydrogen) atoms. The first-order valence-electron chi connectivity index (χ1n) is 8.72. The summed E-state index contributed by atoms with van der Waals surface area (Å²) < 4.78 is 5.81. The van der Waals surface area contributed by atoms with Gasteiger partial charge < -0.3 is 9.64 Å². The molecular formula is C21H17ClN2O2. The average Bonchev–Trinajstić information content (AvgIpc) is 2.99. The molecule has 2 aliphatic rings. The second kappa shape index (κ2) is 5.71. The number of anilines is 1. The Balaban J connectivity index is 1.62. The van der Waals surface area contributed by atoms with Gasteiger partial charge in [0, 0.05) is 45.9 Å². The van der Waals surface area contributed by atoms with E-state index in [1.54, 1.807) is 6.20 Å². The van der Waals surface area contributed by atoms with Gasteiger partial charge in [0.1, 0.15) is 5.75 Å². The normalized spacial score (nSPS) is 21.9. The summed E-state index contributed by atoms with van der Waals surface area (Å²) in [5.41, 5.74) is 1.66. The third-order valence-electron chi connectivity index (χ3n) is 5.54. The number of fused-ring (bicyclic) bond motifs is 3. The molecule has 5 heteroatoms. The predicted molar refractivity (Wildman–Crippen MR) is 102 cm³/mol. The molecule has 0 aliphatic carbocycles. The zero-order chi connectivity index (χ0) is 17.7. The van der Waals surface area contributed by atoms with Crippen molar-refractivity contribution in [2.75, 3.05) is 18.1 Å². The van der Waals surface area contributed by atoms with E-state index in [2.05, 4.69) is 4.98 Å². The van der Waals surface area contributed by atoms with Gasteiger partial charge in [0.05, 0.1) is 18.5 Å². The van der Waals surface area contributed by atoms with E-state index < -0.39 is 0 Å². The summed E-state index contributed by atoms with van der Waals surface area (Å²) in [6, 6.07) is 13.7. The molecule has 1 spiro atoms. The van der Waals surface area contributed by atoms with E-state index in [1.165, 1.54) is 0 Å². The Bertz CT molecular complexity index is 1030. The van der Waals surface area contributed by atoms with E-state index in [-0.39, 0.29) is 11.3 Å². The molecule has 130 valence electrons. The summed E-state index contributed by atoms with van der Waals surface area (Å²) in [4.78, 5) is 19.2. The number of carbonyl (C=O) groups is 1. The zero-order valence-electron chi connectivity index (χ0n) is 14.1. The van der Waals surface area contributed by atoms with Gasteiger partial charge in [0.25, 0.3) is 0 Å². The maximum absolute atomic E-state index is 13.0. The van der Waals surface area contributed by atoms with Crippen molar-refractivity contribution in [3.63, 3.8) is 0 Å². The molecule has 1 atom stereocenters. The monoisotopic (exact) mass is 364 g/mol. The Morgan fingerprint density at radius 3 is 2.96 bits per heavy atom. The van der Waals surface area contributed by atoms with Crippen molar-refractivity contribution >= 4 is 34.0 Å². The molecular weight excluding hydrogens is 348 g/mol. The van der Waals surface area contributed by atoms with Gasteiger partial charge in [-0.2, -0.15) is 0 Å². The molecule has 2 aromatic carbocycles. The highest BCUT2D eigenvalue weighted by Gasteiger charge is 2.48. The lowest BCUT2D eigenvalue weighted by Gasteiger charge is -2.35. The van der Waals surface area contributed by atoms with E-state index in [0.29, 0.717) is 24.6 Å². The highest BCUT2D eigenvalue weighted by Crippen LogP contribution is 2.47. The fourth-order valence-corrected chi connectivity index (χ4v) is 4.42. The van der Waals surface area contributed by atoms with Crippen molar-refractivity contribution in [3.8, 4) is 5.75 Å². The maximum Gasteiger partial charge on any atom is 0.228 e. The Kier molecular flexibility index (Phi) is 3.44. The quantitative estimate of drug-likeness (QED) is 0.644. The molecule has 1 saturated heterocycles. The van der Waals surface area contributed by atoms with Gasteiger partial charge in [-0.1, -0.05) is 35.9 Å². The van der Waals surface area contributed by atoms with E-state index in [1.807, 2.05) is 53.6 Å². The molecule has 5 rings (SSSR count). The summed E-state index contributed by atoms with van der Waals surface area (Å²) in [6.07, 6.45) is 4.89. The fourth-order valence-electron chi connectivity index (χ4n) is 4.25. The Morgan fingerprint density at radius 1 is 1.15 bits per heavy atom. The van der Waals surface area contributed by atoms with Gasteiger partial charge in [0.2, 0.25) is 5.91 Å². The molecule has 1 unspecified atom stereocenters. The highest BCUT2D eigenvalue weighted by molar-refractivity contribution is 6.30. The van der Waals surface area contributed by atoms with E-state index in [0.717, 1.165) is 34.2 Å². The topological polar surface area (TPSA) is 42.4 Å². The Morgan fingerprint density at radius 2 is 2.04 bits per heavy atom. The van der Waals surface area contributed by atoms with Gasteiger partial charge in [-0.25, -0.2) is 0 Å². The van der Waals surface area contributed by atoms with Crippen LogP contribution in [0.3, 0.4) is 0 Å². The van der Waals surface area contributed by atoms with Crippen molar-refractivity contribution in [3.05, 3.63) is 65.4 Å². The lowest BCUT2D eigenvalue weighted by Crippen LogP contribution is -2.36. The van der Waals surface area contributed by atoms with Crippen LogP contribution in [-0.4, -0.2) is 24.0 Å². The van der Waals surface area contributed by atoms with Crippen molar-refractivity contribution in [2.24, 2.45) is 0 Å². The van der Waals surface area contributed by atoms with E-state index in [4.69, 9.17) is 16.3 Å². The fraction of sp³-hybridized carbons (Fsp3) is 0.238. The van der Waals surface area contributed by atoms with Crippen molar-refractivity contribution in [2.45, 2.75) is 18.3 Å². The molecule has 3 heterocycles. The van der Waals surface area contributed by atoms with Crippen LogP contribution in [0.15, 0.2) is 54.9 Å². The van der Waals surface area contributed by atoms with Gasteiger partial charge in [-0.05, 0) is 24.6 Å². The second-order valence-corrected chi connectivity index (χ2v) is 7.49. The summed E-state index contributed by atoms with van der Waals surface area (Å²) in [5.74, 6) is 0.960. The van der Waals surface area contributed by atoms with Crippen LogP contribution < -0.4 is 9.64 Å². The first-order chi connectivity index (χ1) is 12.7. The molecule has 1 aromatic heterocycles. The van der Waals surface area contributed by atoms with Crippen LogP contribution in [0, 0.1) is 0 Å². The Labute approximate surface area is 156 Å². The maximum atomic E-state index is 13.0. The van der Waals surface area contributed by atoms with Crippen LogP contribution in [0.5, 0.6) is 5.75 Å². The van der Waals surface area contributed by atoms with E-state index >= 15 is 0 Å². The average molecular weight is 365 g/mol. The summed E-state index contributed by atoms with van der Waals surface area (Å²) in [5, 5.41) is 2.76. The molecule has 2 aliphatic heterocycles. The predicted octanol–water partition coefficient (Wildman–Crippen LogP) is 4.35. The number of ether oxygens (including phenoxy) is 1. The van der Waals surface area contributed by atoms with Gasteiger partial charge in [0.15, 0.2) is 0 Å². The van der Waals surface area contributed by atoms with Crippen molar-refractivity contribution in [1.82, 2.24) is 4.98 Å². The lowest BCUT2D eigenvalue weighted by molar-refractivity contribution is -0.117. The molecule has 0 radical (unpaired) electrons. The SMILES string of the molecule is O=C1CC2(CCOc3ccc(Cl)cc32)CN1c1cncc2ccccc12. The minimum Gasteiger partial charge on any atom is -0.493 e. The molecule has 0 saturated carbocycles. The molecule has 0 bridgehead atoms. The smallest absolute Gasteiger partial charge is 0.228 e. The number of hydrogen-bond acceptors (Lipinski definition) is 3. The van der Waals surface area contributed by atoms with Crippen LogP contribution in [-0.2, 0) is 10.2 Å². The van der Waals surface area contributed by atoms with Crippen LogP contribution in [0.2, 0.25) is 5.02 Å². The summed E-state index contributed by atoms with van der Waals surface area (Å²) in [7, 11) is 0. The first kappa shape index (κ1) is 15.6. The number of hydrogen-bond donors (Lipinski definition) is 0. The number of halogens is 1. The molecule has 0 N–H and O–H groups in total. The largest absolute Gasteiger partial charge is 0.493 e. The number of aromatic nitrogens is 1. The van der Waals surface area contributed by atoms with E-state index in [9.17, 15) is 4.79 Å². The zero-order valence-corrected chi connectivity index (χ0v) is 14.9.